The van der Waals surface area contributed by atoms with E-state index < -0.39 is 72.2 Å². The molecule has 364 valence electrons. The first kappa shape index (κ1) is 53.3. The number of rotatable bonds is 32. The molecule has 2 aliphatic rings. The predicted molar refractivity (Wildman–Crippen MR) is 223 cm³/mol. The van der Waals surface area contributed by atoms with Gasteiger partial charge in [-0.3, -0.25) is 0 Å². The minimum Gasteiger partial charge on any atom is -0.396 e. The Labute approximate surface area is 370 Å². The molecule has 0 bridgehead atoms. The van der Waals surface area contributed by atoms with E-state index in [1.807, 2.05) is 13.8 Å². The molecule has 12 atom stereocenters. The summed E-state index contributed by atoms with van der Waals surface area (Å²) in [5, 5.41) is 101. The number of aliphatic hydroxyl groups excluding tert-OH is 8. The minimum absolute atomic E-state index is 0.0725. The van der Waals surface area contributed by atoms with Crippen LogP contribution in [0.1, 0.15) is 103 Å². The number of ether oxygens (including phenoxy) is 7. The van der Waals surface area contributed by atoms with Crippen LogP contribution < -0.4 is 0 Å². The van der Waals surface area contributed by atoms with Crippen LogP contribution in [0, 0.1) is 10.8 Å². The monoisotopic (exact) mass is 905 g/mol. The van der Waals surface area contributed by atoms with E-state index >= 15 is 0 Å². The zero-order chi connectivity index (χ0) is 45.8. The van der Waals surface area contributed by atoms with Gasteiger partial charge in [0.05, 0.1) is 78.3 Å². The summed E-state index contributed by atoms with van der Waals surface area (Å²) in [7, 11) is 0. The second-order valence-corrected chi connectivity index (χ2v) is 17.9. The van der Waals surface area contributed by atoms with Crippen molar-refractivity contribution in [3.63, 3.8) is 0 Å². The molecule has 21 heteroatoms. The lowest BCUT2D eigenvalue weighted by Gasteiger charge is -2.45. The molecule has 4 heterocycles. The topological polar surface area (TPSA) is 288 Å². The molecule has 0 radical (unpaired) electrons. The Kier molecular flexibility index (Phi) is 23.1. The fraction of sp³-hybridized carbons (Fsp3) is 0.905. The number of aromatic nitrogens is 6. The van der Waals surface area contributed by atoms with Crippen molar-refractivity contribution in [2.45, 2.75) is 180 Å². The van der Waals surface area contributed by atoms with Crippen LogP contribution in [0.3, 0.4) is 0 Å². The maximum Gasteiger partial charge on any atom is 0.189 e. The van der Waals surface area contributed by atoms with Crippen molar-refractivity contribution in [2.75, 3.05) is 52.9 Å². The smallest absolute Gasteiger partial charge is 0.189 e. The van der Waals surface area contributed by atoms with Gasteiger partial charge in [0.25, 0.3) is 0 Å². The van der Waals surface area contributed by atoms with Crippen molar-refractivity contribution >= 4 is 0 Å². The molecule has 2 aromatic heterocycles. The Morgan fingerprint density at radius 2 is 0.921 bits per heavy atom. The van der Waals surface area contributed by atoms with Gasteiger partial charge in [-0.15, -0.1) is 10.2 Å². The van der Waals surface area contributed by atoms with Gasteiger partial charge in [-0.2, -0.15) is 0 Å². The molecule has 0 aliphatic carbocycles. The molecule has 0 spiro atoms. The Bertz CT molecular complexity index is 1420. The minimum atomic E-state index is -1.80. The highest BCUT2D eigenvalue weighted by molar-refractivity contribution is 4.96. The maximum atomic E-state index is 10.8. The van der Waals surface area contributed by atoms with Gasteiger partial charge in [0.15, 0.2) is 12.6 Å². The summed E-state index contributed by atoms with van der Waals surface area (Å²) in [6.07, 6.45) is -1.58. The van der Waals surface area contributed by atoms with Crippen molar-refractivity contribution < 1.29 is 74.0 Å². The van der Waals surface area contributed by atoms with E-state index in [1.54, 1.807) is 12.4 Å². The van der Waals surface area contributed by atoms with E-state index in [0.29, 0.717) is 37.8 Å². The second kappa shape index (κ2) is 27.4. The molecule has 21 nitrogen and oxygen atoms in total. The Hall–Kier alpha value is -2.32. The van der Waals surface area contributed by atoms with Gasteiger partial charge >= 0.3 is 0 Å². The van der Waals surface area contributed by atoms with Crippen LogP contribution in [0.15, 0.2) is 12.4 Å². The quantitative estimate of drug-likeness (QED) is 0.0455. The van der Waals surface area contributed by atoms with Gasteiger partial charge in [-0.1, -0.05) is 89.5 Å². The molecule has 2 aliphatic heterocycles. The van der Waals surface area contributed by atoms with Crippen molar-refractivity contribution in [3.05, 3.63) is 23.8 Å². The van der Waals surface area contributed by atoms with Crippen LogP contribution in [-0.4, -0.2) is 185 Å². The van der Waals surface area contributed by atoms with Crippen LogP contribution >= 0.6 is 0 Å². The van der Waals surface area contributed by atoms with Gasteiger partial charge < -0.3 is 74.0 Å². The van der Waals surface area contributed by atoms with Gasteiger partial charge in [-0.25, -0.2) is 9.36 Å². The summed E-state index contributed by atoms with van der Waals surface area (Å²) in [6, 6.07) is 0. The number of hydrogen-bond acceptors (Lipinski definition) is 19. The van der Waals surface area contributed by atoms with E-state index in [9.17, 15) is 40.9 Å². The first-order valence-corrected chi connectivity index (χ1v) is 22.6. The predicted octanol–water partition coefficient (Wildman–Crippen LogP) is 0.206. The molecule has 2 fully saturated rings. The van der Waals surface area contributed by atoms with Gasteiger partial charge in [0, 0.05) is 24.0 Å². The third-order valence-electron chi connectivity index (χ3n) is 11.4. The Morgan fingerprint density at radius 1 is 0.540 bits per heavy atom. The van der Waals surface area contributed by atoms with Crippen molar-refractivity contribution in [1.82, 2.24) is 30.0 Å². The van der Waals surface area contributed by atoms with Crippen molar-refractivity contribution in [1.29, 1.82) is 0 Å². The molecular weight excluding hydrogens is 828 g/mol. The molecular formula is C42H76N6O15. The number of aliphatic hydroxyl groups is 8. The van der Waals surface area contributed by atoms with Crippen LogP contribution in [0.25, 0.3) is 0 Å². The molecule has 0 saturated carbocycles. The summed E-state index contributed by atoms with van der Waals surface area (Å²) in [4.78, 5) is 0. The highest BCUT2D eigenvalue weighted by atomic mass is 16.8. The standard InChI is InChI=1S/C42H76N6O15/c1-5-7-9-11-13-15-57-25-41(3,23-49)27-59-21-29-17-47(45-43-29)19-31-33(51)35(53)37(55)39(61-31)63-40-38(56)36(54)34(52)32(62-40)20-48-18-30(44-46-48)22-60-28-42(4,24-50)26-58-16-14-12-10-8-6-2/h17-18,31-40,49-56H,5-16,19-28H2,1-4H3/t31?,32?,33-,34-,35+,36?,37?,38?,39-,40-,41?,42?/m1/s1. The number of nitrogens with zero attached hydrogens (tertiary/aromatic N) is 6. The molecule has 2 aromatic rings. The first-order valence-electron chi connectivity index (χ1n) is 22.6. The van der Waals surface area contributed by atoms with Crippen LogP contribution in [0.2, 0.25) is 0 Å². The van der Waals surface area contributed by atoms with Gasteiger partial charge in [0.2, 0.25) is 0 Å². The third-order valence-corrected chi connectivity index (χ3v) is 11.4. The Balaban J connectivity index is 1.25. The molecule has 0 aromatic carbocycles. The lowest BCUT2D eigenvalue weighted by Crippen LogP contribution is -2.63. The molecule has 7 unspecified atom stereocenters. The number of hydrogen-bond donors (Lipinski definition) is 8. The molecule has 63 heavy (non-hydrogen) atoms. The van der Waals surface area contributed by atoms with Crippen LogP contribution in [0.5, 0.6) is 0 Å². The normalized spacial score (nSPS) is 28.6. The SMILES string of the molecule is CCCCCCCOCC(C)(CO)COCc1cn(CC2O[C@H](O[C@H]3OC(Cn4cc(COCC(C)(CO)COCCCCCCC)nn4)[C@@H](O)[C@H](O)C3O)C(O)C(O)[C@@H]2O)nn1. The molecule has 8 N–H and O–H groups in total. The zero-order valence-corrected chi connectivity index (χ0v) is 37.6. The van der Waals surface area contributed by atoms with E-state index in [0.717, 1.165) is 25.7 Å². The average molecular weight is 905 g/mol. The van der Waals surface area contributed by atoms with E-state index in [-0.39, 0.29) is 52.7 Å². The van der Waals surface area contributed by atoms with Crippen molar-refractivity contribution in [2.24, 2.45) is 10.8 Å². The molecule has 4 rings (SSSR count). The fourth-order valence-corrected chi connectivity index (χ4v) is 7.17. The summed E-state index contributed by atoms with van der Waals surface area (Å²) >= 11 is 0. The summed E-state index contributed by atoms with van der Waals surface area (Å²) in [6.45, 7) is 10.0. The zero-order valence-electron chi connectivity index (χ0n) is 37.6. The third kappa shape index (κ3) is 17.1. The van der Waals surface area contributed by atoms with Gasteiger partial charge in [-0.05, 0) is 12.8 Å². The summed E-state index contributed by atoms with van der Waals surface area (Å²) in [5.74, 6) is 0. The maximum absolute atomic E-state index is 10.8. The largest absolute Gasteiger partial charge is 0.396 e. The average Bonchev–Trinajstić information content (AvgIpc) is 3.93. The summed E-state index contributed by atoms with van der Waals surface area (Å²) in [5.41, 5.74) is -0.330. The fourth-order valence-electron chi connectivity index (χ4n) is 7.17. The van der Waals surface area contributed by atoms with Crippen LogP contribution in [0.4, 0.5) is 0 Å². The van der Waals surface area contributed by atoms with E-state index in [4.69, 9.17) is 33.2 Å². The van der Waals surface area contributed by atoms with Crippen LogP contribution in [-0.2, 0) is 59.5 Å². The molecule has 2 saturated heterocycles. The first-order chi connectivity index (χ1) is 30.2. The van der Waals surface area contributed by atoms with E-state index in [2.05, 4.69) is 34.5 Å². The Morgan fingerprint density at radius 3 is 1.30 bits per heavy atom. The number of unbranched alkanes of at least 4 members (excludes halogenated alkanes) is 8. The van der Waals surface area contributed by atoms with Crippen molar-refractivity contribution in [3.8, 4) is 0 Å². The highest BCUT2D eigenvalue weighted by Gasteiger charge is 2.50. The summed E-state index contributed by atoms with van der Waals surface area (Å²) < 4.78 is 43.5. The lowest BCUT2D eigenvalue weighted by atomic mass is 9.94. The highest BCUT2D eigenvalue weighted by Crippen LogP contribution is 2.29. The lowest BCUT2D eigenvalue weighted by molar-refractivity contribution is -0.375. The van der Waals surface area contributed by atoms with E-state index in [1.165, 1.54) is 47.9 Å². The second-order valence-electron chi connectivity index (χ2n) is 17.9. The van der Waals surface area contributed by atoms with Gasteiger partial charge in [0.1, 0.15) is 60.2 Å². The molecule has 0 amide bonds.